The van der Waals surface area contributed by atoms with Gasteiger partial charge in [-0.05, 0) is 38.1 Å². The molecule has 2 N–H and O–H groups in total. The predicted molar refractivity (Wildman–Crippen MR) is 121 cm³/mol. The number of sulfonamides is 1. The molecule has 1 aromatic carbocycles. The highest BCUT2D eigenvalue weighted by Gasteiger charge is 2.23. The van der Waals surface area contributed by atoms with Crippen molar-refractivity contribution in [3.05, 3.63) is 59.9 Å². The minimum absolute atomic E-state index is 0.00724. The van der Waals surface area contributed by atoms with Gasteiger partial charge in [-0.25, -0.2) is 26.9 Å². The summed E-state index contributed by atoms with van der Waals surface area (Å²) in [4.78, 5) is 6.51. The molecule has 1 saturated heterocycles. The Hall–Kier alpha value is -3.12. The topological polar surface area (TPSA) is 105 Å². The van der Waals surface area contributed by atoms with E-state index in [4.69, 9.17) is 0 Å². The molecule has 1 aliphatic rings. The van der Waals surface area contributed by atoms with Gasteiger partial charge in [-0.3, -0.25) is 4.72 Å². The van der Waals surface area contributed by atoms with Crippen LogP contribution in [0.15, 0.2) is 42.6 Å². The van der Waals surface area contributed by atoms with E-state index in [2.05, 4.69) is 30.2 Å². The standard InChI is InChI=1S/C21H25F2N7O2S/c1-14(2)33(31,32)27-19-7-4-8-20(25-19)29-10-9-24-15(12-29)11-16-13-30(28-26-16)21-17(22)5-3-6-18(21)23/h3-8,13-15,24H,9-12H2,1-2H3,(H,25,27). The fourth-order valence-electron chi connectivity index (χ4n) is 3.55. The Morgan fingerprint density at radius 1 is 1.18 bits per heavy atom. The summed E-state index contributed by atoms with van der Waals surface area (Å²) >= 11 is 0. The average Bonchev–Trinajstić information content (AvgIpc) is 3.21. The predicted octanol–water partition coefficient (Wildman–Crippen LogP) is 2.11. The van der Waals surface area contributed by atoms with Crippen molar-refractivity contribution in [3.63, 3.8) is 0 Å². The Bertz CT molecular complexity index is 1210. The van der Waals surface area contributed by atoms with Crippen LogP contribution in [0.2, 0.25) is 0 Å². The fraction of sp³-hybridized carbons (Fsp3) is 0.381. The SMILES string of the molecule is CC(C)S(=O)(=O)Nc1cccc(N2CCNC(Cc3cn(-c4c(F)cccc4F)nn3)C2)n1. The second kappa shape index (κ2) is 9.40. The van der Waals surface area contributed by atoms with Crippen LogP contribution in [0, 0.1) is 11.6 Å². The zero-order valence-electron chi connectivity index (χ0n) is 18.2. The molecule has 12 heteroatoms. The minimum Gasteiger partial charge on any atom is -0.354 e. The summed E-state index contributed by atoms with van der Waals surface area (Å²) in [6.45, 7) is 5.17. The third-order valence-corrected chi connectivity index (χ3v) is 7.08. The number of benzene rings is 1. The van der Waals surface area contributed by atoms with E-state index in [-0.39, 0.29) is 17.5 Å². The first-order valence-electron chi connectivity index (χ1n) is 10.6. The smallest absolute Gasteiger partial charge is 0.236 e. The number of hydrogen-bond donors (Lipinski definition) is 2. The van der Waals surface area contributed by atoms with Crippen LogP contribution in [0.25, 0.3) is 5.69 Å². The normalized spacial score (nSPS) is 16.9. The first-order valence-corrected chi connectivity index (χ1v) is 12.1. The van der Waals surface area contributed by atoms with Crippen molar-refractivity contribution in [2.24, 2.45) is 0 Å². The maximum Gasteiger partial charge on any atom is 0.236 e. The van der Waals surface area contributed by atoms with Crippen molar-refractivity contribution < 1.29 is 17.2 Å². The van der Waals surface area contributed by atoms with Crippen molar-refractivity contribution in [1.82, 2.24) is 25.3 Å². The molecule has 0 spiro atoms. The van der Waals surface area contributed by atoms with Gasteiger partial charge in [0.2, 0.25) is 10.0 Å². The lowest BCUT2D eigenvalue weighted by Gasteiger charge is -2.34. The summed E-state index contributed by atoms with van der Waals surface area (Å²) in [5.74, 6) is -0.506. The van der Waals surface area contributed by atoms with E-state index in [1.165, 1.54) is 24.4 Å². The molecule has 33 heavy (non-hydrogen) atoms. The zero-order chi connectivity index (χ0) is 23.6. The number of rotatable bonds is 7. The first kappa shape index (κ1) is 23.1. The van der Waals surface area contributed by atoms with Gasteiger partial charge in [0.25, 0.3) is 0 Å². The molecule has 1 atom stereocenters. The zero-order valence-corrected chi connectivity index (χ0v) is 19.1. The maximum atomic E-state index is 14.0. The Balaban J connectivity index is 1.45. The van der Waals surface area contributed by atoms with Gasteiger partial charge in [0.1, 0.15) is 17.3 Å². The molecule has 0 radical (unpaired) electrons. The molecule has 2 aromatic heterocycles. The molecule has 0 saturated carbocycles. The second-order valence-corrected chi connectivity index (χ2v) is 10.3. The lowest BCUT2D eigenvalue weighted by atomic mass is 10.1. The number of nitrogens with one attached hydrogen (secondary N) is 2. The number of piperazine rings is 1. The Kier molecular flexibility index (Phi) is 6.56. The molecular formula is C21H25F2N7O2S. The number of anilines is 2. The highest BCUT2D eigenvalue weighted by Crippen LogP contribution is 2.20. The third kappa shape index (κ3) is 5.28. The molecule has 1 fully saturated rings. The Labute approximate surface area is 190 Å². The van der Waals surface area contributed by atoms with Gasteiger partial charge < -0.3 is 10.2 Å². The van der Waals surface area contributed by atoms with Gasteiger partial charge >= 0.3 is 0 Å². The van der Waals surface area contributed by atoms with Crippen LogP contribution >= 0.6 is 0 Å². The van der Waals surface area contributed by atoms with Crippen molar-refractivity contribution >= 4 is 21.7 Å². The highest BCUT2D eigenvalue weighted by atomic mass is 32.2. The molecular weight excluding hydrogens is 452 g/mol. The quantitative estimate of drug-likeness (QED) is 0.537. The van der Waals surface area contributed by atoms with Gasteiger partial charge in [-0.2, -0.15) is 0 Å². The summed E-state index contributed by atoms with van der Waals surface area (Å²) in [7, 11) is -3.49. The molecule has 1 aliphatic heterocycles. The lowest BCUT2D eigenvalue weighted by molar-refractivity contribution is 0.449. The van der Waals surface area contributed by atoms with Crippen LogP contribution in [-0.4, -0.2) is 59.3 Å². The van der Waals surface area contributed by atoms with Crippen LogP contribution in [0.4, 0.5) is 20.4 Å². The number of halogens is 2. The van der Waals surface area contributed by atoms with Gasteiger partial charge in [0, 0.05) is 32.1 Å². The van der Waals surface area contributed by atoms with E-state index in [0.29, 0.717) is 37.6 Å². The van der Waals surface area contributed by atoms with Crippen molar-refractivity contribution in [3.8, 4) is 5.69 Å². The minimum atomic E-state index is -3.49. The van der Waals surface area contributed by atoms with Gasteiger partial charge in [-0.1, -0.05) is 17.3 Å². The lowest BCUT2D eigenvalue weighted by Crippen LogP contribution is -2.52. The molecule has 4 rings (SSSR count). The van der Waals surface area contributed by atoms with Crippen LogP contribution in [0.3, 0.4) is 0 Å². The first-order chi connectivity index (χ1) is 15.7. The summed E-state index contributed by atoms with van der Waals surface area (Å²) in [6.07, 6.45) is 2.01. The summed E-state index contributed by atoms with van der Waals surface area (Å²) in [6, 6.07) is 8.82. The molecule has 9 nitrogen and oxygen atoms in total. The molecule has 3 aromatic rings. The van der Waals surface area contributed by atoms with Crippen molar-refractivity contribution in [1.29, 1.82) is 0 Å². The van der Waals surface area contributed by atoms with Crippen LogP contribution in [-0.2, 0) is 16.4 Å². The average molecular weight is 478 g/mol. The fourth-order valence-corrected chi connectivity index (χ4v) is 4.19. The number of pyridine rings is 1. The van der Waals surface area contributed by atoms with Crippen molar-refractivity contribution in [2.75, 3.05) is 29.3 Å². The molecule has 176 valence electrons. The molecule has 1 unspecified atom stereocenters. The summed E-state index contributed by atoms with van der Waals surface area (Å²) in [5.41, 5.74) is 0.322. The number of para-hydroxylation sites is 1. The molecule has 0 aliphatic carbocycles. The van der Waals surface area contributed by atoms with Crippen LogP contribution in [0.5, 0.6) is 0 Å². The van der Waals surface area contributed by atoms with Gasteiger partial charge in [-0.15, -0.1) is 5.10 Å². The van der Waals surface area contributed by atoms with E-state index in [1.807, 2.05) is 6.07 Å². The van der Waals surface area contributed by atoms with Gasteiger partial charge in [0.15, 0.2) is 11.6 Å². The largest absolute Gasteiger partial charge is 0.354 e. The number of aromatic nitrogens is 4. The third-order valence-electron chi connectivity index (χ3n) is 5.34. The van der Waals surface area contributed by atoms with E-state index < -0.39 is 26.9 Å². The molecule has 0 bridgehead atoms. The monoisotopic (exact) mass is 477 g/mol. The molecule has 0 amide bonds. The summed E-state index contributed by atoms with van der Waals surface area (Å²) < 4.78 is 56.0. The highest BCUT2D eigenvalue weighted by molar-refractivity contribution is 7.93. The van der Waals surface area contributed by atoms with E-state index >= 15 is 0 Å². The second-order valence-electron chi connectivity index (χ2n) is 8.10. The molecule has 3 heterocycles. The van der Waals surface area contributed by atoms with E-state index in [0.717, 1.165) is 4.68 Å². The van der Waals surface area contributed by atoms with E-state index in [1.54, 1.807) is 26.0 Å². The number of hydrogen-bond acceptors (Lipinski definition) is 7. The van der Waals surface area contributed by atoms with Gasteiger partial charge in [0.05, 0.1) is 17.1 Å². The Morgan fingerprint density at radius 2 is 1.91 bits per heavy atom. The Morgan fingerprint density at radius 3 is 2.64 bits per heavy atom. The number of nitrogens with zero attached hydrogens (tertiary/aromatic N) is 5. The maximum absolute atomic E-state index is 14.0. The van der Waals surface area contributed by atoms with Crippen LogP contribution in [0.1, 0.15) is 19.5 Å². The van der Waals surface area contributed by atoms with E-state index in [9.17, 15) is 17.2 Å². The summed E-state index contributed by atoms with van der Waals surface area (Å²) in [5, 5.41) is 10.8. The van der Waals surface area contributed by atoms with Crippen molar-refractivity contribution in [2.45, 2.75) is 31.6 Å². The van der Waals surface area contributed by atoms with Crippen LogP contribution < -0.4 is 14.9 Å².